The van der Waals surface area contributed by atoms with Gasteiger partial charge in [0.15, 0.2) is 0 Å². The average molecular weight is 317 g/mol. The third kappa shape index (κ3) is 6.38. The van der Waals surface area contributed by atoms with Crippen molar-refractivity contribution in [2.45, 2.75) is 19.5 Å². The smallest absolute Gasteiger partial charge is 0.314 e. The Bertz CT molecular complexity index is 381. The zero-order valence-electron chi connectivity index (χ0n) is 11.6. The van der Waals surface area contributed by atoms with Gasteiger partial charge >= 0.3 is 6.18 Å². The molecular weight excluding hydrogens is 295 g/mol. The standard InChI is InChI=1S/C11H22F3N3O2S/c1-2-5-17(10-11(12,13)14)20(18,19)9-8-16-6-3-15-4-7-16/h15H,2-10H2,1H3. The van der Waals surface area contributed by atoms with Crippen LogP contribution in [0, 0.1) is 0 Å². The van der Waals surface area contributed by atoms with E-state index in [1.165, 1.54) is 0 Å². The van der Waals surface area contributed by atoms with Crippen LogP contribution in [0.5, 0.6) is 0 Å². The van der Waals surface area contributed by atoms with Crippen LogP contribution < -0.4 is 5.32 Å². The summed E-state index contributed by atoms with van der Waals surface area (Å²) in [6.07, 6.45) is -4.14. The van der Waals surface area contributed by atoms with Gasteiger partial charge in [0.2, 0.25) is 10.0 Å². The van der Waals surface area contributed by atoms with Crippen LogP contribution >= 0.6 is 0 Å². The van der Waals surface area contributed by atoms with E-state index in [0.29, 0.717) is 10.7 Å². The SMILES string of the molecule is CCCN(CC(F)(F)F)S(=O)(=O)CCN1CCNCC1. The normalized spacial score (nSPS) is 18.6. The number of nitrogens with one attached hydrogen (secondary N) is 1. The number of rotatable bonds is 7. The van der Waals surface area contributed by atoms with E-state index in [4.69, 9.17) is 0 Å². The predicted octanol–water partition coefficient (Wildman–Crippen LogP) is 0.496. The quantitative estimate of drug-likeness (QED) is 0.743. The van der Waals surface area contributed by atoms with Crippen molar-refractivity contribution in [1.29, 1.82) is 0 Å². The molecule has 0 radical (unpaired) electrons. The van der Waals surface area contributed by atoms with E-state index < -0.39 is 22.7 Å². The van der Waals surface area contributed by atoms with Gasteiger partial charge in [0.05, 0.1) is 5.75 Å². The van der Waals surface area contributed by atoms with Crippen LogP contribution in [-0.2, 0) is 10.0 Å². The van der Waals surface area contributed by atoms with Crippen LogP contribution in [0.4, 0.5) is 13.2 Å². The Labute approximate surface area is 118 Å². The first-order valence-corrected chi connectivity index (χ1v) is 8.33. The minimum atomic E-state index is -4.50. The lowest BCUT2D eigenvalue weighted by Gasteiger charge is -2.28. The van der Waals surface area contributed by atoms with Gasteiger partial charge in [-0.3, -0.25) is 4.90 Å². The molecule has 0 atom stereocenters. The van der Waals surface area contributed by atoms with Gasteiger partial charge in [0.25, 0.3) is 0 Å². The number of halogens is 3. The van der Waals surface area contributed by atoms with Gasteiger partial charge in [0, 0.05) is 39.3 Å². The molecule has 20 heavy (non-hydrogen) atoms. The summed E-state index contributed by atoms with van der Waals surface area (Å²) < 4.78 is 61.9. The van der Waals surface area contributed by atoms with Crippen LogP contribution in [0.25, 0.3) is 0 Å². The van der Waals surface area contributed by atoms with Crippen molar-refractivity contribution in [2.75, 3.05) is 51.6 Å². The van der Waals surface area contributed by atoms with E-state index in [-0.39, 0.29) is 18.8 Å². The molecule has 0 saturated carbocycles. The van der Waals surface area contributed by atoms with Crippen molar-refractivity contribution >= 4 is 10.0 Å². The molecule has 0 bridgehead atoms. The van der Waals surface area contributed by atoms with Gasteiger partial charge in [-0.25, -0.2) is 8.42 Å². The Hall–Kier alpha value is -0.380. The third-order valence-corrected chi connectivity index (χ3v) is 4.89. The van der Waals surface area contributed by atoms with Crippen LogP contribution in [0.15, 0.2) is 0 Å². The van der Waals surface area contributed by atoms with E-state index in [1.54, 1.807) is 6.92 Å². The first-order valence-electron chi connectivity index (χ1n) is 6.72. The first-order chi connectivity index (χ1) is 9.24. The zero-order valence-corrected chi connectivity index (χ0v) is 12.4. The monoisotopic (exact) mass is 317 g/mol. The summed E-state index contributed by atoms with van der Waals surface area (Å²) >= 11 is 0. The molecule has 1 saturated heterocycles. The van der Waals surface area contributed by atoms with Gasteiger partial charge < -0.3 is 5.32 Å². The lowest BCUT2D eigenvalue weighted by atomic mass is 10.4. The molecule has 1 fully saturated rings. The van der Waals surface area contributed by atoms with Gasteiger partial charge in [-0.05, 0) is 6.42 Å². The summed E-state index contributed by atoms with van der Waals surface area (Å²) in [5.41, 5.74) is 0. The van der Waals surface area contributed by atoms with E-state index in [2.05, 4.69) is 5.32 Å². The number of alkyl halides is 3. The average Bonchev–Trinajstić information content (AvgIpc) is 2.36. The summed E-state index contributed by atoms with van der Waals surface area (Å²) in [7, 11) is -3.87. The first kappa shape index (κ1) is 17.7. The number of piperazine rings is 1. The number of hydrogen-bond acceptors (Lipinski definition) is 4. The fraction of sp³-hybridized carbons (Fsp3) is 1.00. The van der Waals surface area contributed by atoms with Crippen molar-refractivity contribution in [3.05, 3.63) is 0 Å². The molecule has 1 heterocycles. The molecule has 0 aromatic rings. The van der Waals surface area contributed by atoms with Gasteiger partial charge in [-0.2, -0.15) is 17.5 Å². The summed E-state index contributed by atoms with van der Waals surface area (Å²) in [6.45, 7) is 3.46. The topological polar surface area (TPSA) is 52.7 Å². The molecule has 0 unspecified atom stereocenters. The van der Waals surface area contributed by atoms with Gasteiger partial charge in [-0.1, -0.05) is 6.92 Å². The lowest BCUT2D eigenvalue weighted by Crippen LogP contribution is -2.47. The van der Waals surface area contributed by atoms with E-state index in [1.807, 2.05) is 4.90 Å². The highest BCUT2D eigenvalue weighted by molar-refractivity contribution is 7.89. The van der Waals surface area contributed by atoms with Crippen molar-refractivity contribution in [3.8, 4) is 0 Å². The Morgan fingerprint density at radius 2 is 1.85 bits per heavy atom. The Morgan fingerprint density at radius 1 is 1.25 bits per heavy atom. The molecule has 1 aliphatic heterocycles. The third-order valence-electron chi connectivity index (χ3n) is 3.10. The molecule has 5 nitrogen and oxygen atoms in total. The highest BCUT2D eigenvalue weighted by atomic mass is 32.2. The Morgan fingerprint density at radius 3 is 2.35 bits per heavy atom. The zero-order chi connectivity index (χ0) is 15.2. The highest BCUT2D eigenvalue weighted by Gasteiger charge is 2.35. The molecule has 0 aliphatic carbocycles. The molecular formula is C11H22F3N3O2S. The van der Waals surface area contributed by atoms with E-state index in [9.17, 15) is 21.6 Å². The van der Waals surface area contributed by atoms with Crippen LogP contribution in [0.2, 0.25) is 0 Å². The number of nitrogens with zero attached hydrogens (tertiary/aromatic N) is 2. The van der Waals surface area contributed by atoms with Gasteiger partial charge in [-0.15, -0.1) is 0 Å². The Kier molecular flexibility index (Phi) is 6.70. The molecule has 1 rings (SSSR count). The van der Waals surface area contributed by atoms with Crippen molar-refractivity contribution in [3.63, 3.8) is 0 Å². The van der Waals surface area contributed by atoms with E-state index in [0.717, 1.165) is 26.2 Å². The fourth-order valence-electron chi connectivity index (χ4n) is 2.07. The van der Waals surface area contributed by atoms with Crippen molar-refractivity contribution in [1.82, 2.24) is 14.5 Å². The van der Waals surface area contributed by atoms with Crippen LogP contribution in [-0.4, -0.2) is 75.4 Å². The van der Waals surface area contributed by atoms with Crippen molar-refractivity contribution in [2.24, 2.45) is 0 Å². The molecule has 0 aromatic carbocycles. The molecule has 0 amide bonds. The molecule has 0 aromatic heterocycles. The number of hydrogen-bond donors (Lipinski definition) is 1. The van der Waals surface area contributed by atoms with Gasteiger partial charge in [0.1, 0.15) is 6.54 Å². The van der Waals surface area contributed by atoms with Crippen molar-refractivity contribution < 1.29 is 21.6 Å². The highest BCUT2D eigenvalue weighted by Crippen LogP contribution is 2.19. The Balaban J connectivity index is 2.57. The second-order valence-electron chi connectivity index (χ2n) is 4.86. The summed E-state index contributed by atoms with van der Waals surface area (Å²) in [6, 6.07) is 0. The minimum absolute atomic E-state index is 0.0939. The second-order valence-corrected chi connectivity index (χ2v) is 6.94. The largest absolute Gasteiger partial charge is 0.402 e. The molecule has 120 valence electrons. The molecule has 9 heteroatoms. The molecule has 1 N–H and O–H groups in total. The maximum Gasteiger partial charge on any atom is 0.402 e. The van der Waals surface area contributed by atoms with Crippen LogP contribution in [0.3, 0.4) is 0 Å². The lowest BCUT2D eigenvalue weighted by molar-refractivity contribution is -0.136. The summed E-state index contributed by atoms with van der Waals surface area (Å²) in [5.74, 6) is -0.261. The van der Waals surface area contributed by atoms with E-state index >= 15 is 0 Å². The molecule has 0 spiro atoms. The number of sulfonamides is 1. The second kappa shape index (κ2) is 7.58. The summed E-state index contributed by atoms with van der Waals surface area (Å²) in [4.78, 5) is 1.95. The summed E-state index contributed by atoms with van der Waals surface area (Å²) in [5, 5.41) is 3.14. The maximum absolute atomic E-state index is 12.4. The fourth-order valence-corrected chi connectivity index (χ4v) is 3.63. The predicted molar refractivity (Wildman–Crippen MR) is 71.0 cm³/mol. The minimum Gasteiger partial charge on any atom is -0.314 e. The maximum atomic E-state index is 12.4. The molecule has 1 aliphatic rings. The van der Waals surface area contributed by atoms with Crippen LogP contribution in [0.1, 0.15) is 13.3 Å².